The topological polar surface area (TPSA) is 96.0 Å². The highest BCUT2D eigenvalue weighted by molar-refractivity contribution is 5.79. The van der Waals surface area contributed by atoms with Crippen LogP contribution in [0.3, 0.4) is 0 Å². The van der Waals surface area contributed by atoms with Crippen LogP contribution in [0.2, 0.25) is 0 Å². The van der Waals surface area contributed by atoms with Crippen LogP contribution in [-0.4, -0.2) is 34.0 Å². The molecule has 0 aromatic heterocycles. The summed E-state index contributed by atoms with van der Waals surface area (Å²) in [6.07, 6.45) is 0.543. The summed E-state index contributed by atoms with van der Waals surface area (Å²) in [7, 11) is 0. The van der Waals surface area contributed by atoms with Crippen LogP contribution in [0.1, 0.15) is 17.2 Å². The Labute approximate surface area is 127 Å². The maximum absolute atomic E-state index is 10.6. The highest BCUT2D eigenvalue weighted by atomic mass is 16.6. The first-order valence-corrected chi connectivity index (χ1v) is 6.73. The van der Waals surface area contributed by atoms with E-state index >= 15 is 0 Å². The molecule has 6 nitrogen and oxygen atoms in total. The van der Waals surface area contributed by atoms with Crippen molar-refractivity contribution in [1.82, 2.24) is 0 Å². The van der Waals surface area contributed by atoms with E-state index in [1.165, 1.54) is 24.3 Å². The number of aliphatic hydroxyl groups excluding tert-OH is 2. The number of rotatable bonds is 6. The van der Waals surface area contributed by atoms with Crippen molar-refractivity contribution in [2.24, 2.45) is 4.99 Å². The van der Waals surface area contributed by atoms with Gasteiger partial charge in [0.1, 0.15) is 12.1 Å². The molecule has 0 aliphatic rings. The van der Waals surface area contributed by atoms with Gasteiger partial charge in [0, 0.05) is 18.3 Å². The molecule has 2 N–H and O–H groups in total. The first-order chi connectivity index (χ1) is 10.6. The Bertz CT molecular complexity index is 641. The zero-order valence-electron chi connectivity index (χ0n) is 11.7. The number of aliphatic imine (C=N–C) groups is 1. The van der Waals surface area contributed by atoms with Gasteiger partial charge in [0.25, 0.3) is 5.69 Å². The van der Waals surface area contributed by atoms with Gasteiger partial charge >= 0.3 is 0 Å². The Kier molecular flexibility index (Phi) is 5.35. The van der Waals surface area contributed by atoms with E-state index in [2.05, 4.69) is 4.99 Å². The molecule has 2 aromatic rings. The Balaban J connectivity index is 2.12. The number of nitro groups is 1. The second-order valence-electron chi connectivity index (χ2n) is 4.73. The number of aliphatic hydroxyl groups is 2. The summed E-state index contributed by atoms with van der Waals surface area (Å²) < 4.78 is 0. The molecule has 0 spiro atoms. The number of non-ortho nitro benzene ring substituents is 1. The number of nitro benzene ring substituents is 1. The van der Waals surface area contributed by atoms with E-state index in [9.17, 15) is 20.3 Å². The van der Waals surface area contributed by atoms with Crippen LogP contribution in [0.5, 0.6) is 0 Å². The van der Waals surface area contributed by atoms with Crippen molar-refractivity contribution in [1.29, 1.82) is 0 Å². The van der Waals surface area contributed by atoms with Gasteiger partial charge in [0.2, 0.25) is 0 Å². The second kappa shape index (κ2) is 7.44. The average molecular weight is 300 g/mol. The van der Waals surface area contributed by atoms with Crippen molar-refractivity contribution < 1.29 is 15.1 Å². The van der Waals surface area contributed by atoms with Crippen LogP contribution >= 0.6 is 0 Å². The van der Waals surface area contributed by atoms with E-state index in [1.807, 2.05) is 30.3 Å². The highest BCUT2D eigenvalue weighted by Crippen LogP contribution is 2.22. The lowest BCUT2D eigenvalue weighted by atomic mass is 10.0. The van der Waals surface area contributed by atoms with Gasteiger partial charge in [-0.25, -0.2) is 0 Å². The highest BCUT2D eigenvalue weighted by Gasteiger charge is 2.19. The molecule has 0 bridgehead atoms. The van der Waals surface area contributed by atoms with Crippen LogP contribution in [0, 0.1) is 10.1 Å². The fraction of sp³-hybridized carbons (Fsp3) is 0.188. The fourth-order valence-corrected chi connectivity index (χ4v) is 1.96. The van der Waals surface area contributed by atoms with Crippen molar-refractivity contribution >= 4 is 11.9 Å². The maximum atomic E-state index is 10.6. The van der Waals surface area contributed by atoms with E-state index in [0.29, 0.717) is 5.56 Å². The zero-order valence-corrected chi connectivity index (χ0v) is 11.7. The van der Waals surface area contributed by atoms with E-state index in [4.69, 9.17) is 0 Å². The SMILES string of the molecule is O=[N+]([O-])c1ccc([C@H](O)[C@H](CO)N=Cc2ccccc2)cc1. The smallest absolute Gasteiger partial charge is 0.269 e. The summed E-state index contributed by atoms with van der Waals surface area (Å²) in [6.45, 7) is -0.332. The largest absolute Gasteiger partial charge is 0.394 e. The van der Waals surface area contributed by atoms with Crippen LogP contribution in [0.25, 0.3) is 0 Å². The molecule has 0 saturated carbocycles. The molecule has 0 fully saturated rings. The van der Waals surface area contributed by atoms with Gasteiger partial charge in [-0.3, -0.25) is 15.1 Å². The minimum atomic E-state index is -1.04. The molecule has 0 radical (unpaired) electrons. The summed E-state index contributed by atoms with van der Waals surface area (Å²) in [5, 5.41) is 30.3. The van der Waals surface area contributed by atoms with Crippen molar-refractivity contribution in [3.63, 3.8) is 0 Å². The number of benzene rings is 2. The third kappa shape index (κ3) is 3.97. The lowest BCUT2D eigenvalue weighted by Gasteiger charge is -2.17. The molecule has 2 atom stereocenters. The van der Waals surface area contributed by atoms with Gasteiger partial charge in [0.15, 0.2) is 0 Å². The maximum Gasteiger partial charge on any atom is 0.269 e. The van der Waals surface area contributed by atoms with E-state index in [1.54, 1.807) is 6.21 Å². The minimum Gasteiger partial charge on any atom is -0.394 e. The van der Waals surface area contributed by atoms with Crippen molar-refractivity contribution in [2.45, 2.75) is 12.1 Å². The third-order valence-corrected chi connectivity index (χ3v) is 3.21. The number of hydrogen-bond acceptors (Lipinski definition) is 5. The molecule has 6 heteroatoms. The lowest BCUT2D eigenvalue weighted by molar-refractivity contribution is -0.384. The van der Waals surface area contributed by atoms with Gasteiger partial charge < -0.3 is 10.2 Å². The predicted molar refractivity (Wildman–Crippen MR) is 83.0 cm³/mol. The molecular formula is C16H16N2O4. The molecule has 0 unspecified atom stereocenters. The molecule has 2 rings (SSSR count). The Morgan fingerprint density at radius 2 is 1.77 bits per heavy atom. The number of hydrogen-bond donors (Lipinski definition) is 2. The van der Waals surface area contributed by atoms with Gasteiger partial charge in [-0.1, -0.05) is 30.3 Å². The van der Waals surface area contributed by atoms with Crippen molar-refractivity contribution in [3.8, 4) is 0 Å². The van der Waals surface area contributed by atoms with Crippen molar-refractivity contribution in [2.75, 3.05) is 6.61 Å². The summed E-state index contributed by atoms with van der Waals surface area (Å²) >= 11 is 0. The van der Waals surface area contributed by atoms with Crippen molar-refractivity contribution in [3.05, 3.63) is 75.8 Å². The molecule has 2 aromatic carbocycles. The molecule has 0 saturated heterocycles. The van der Waals surface area contributed by atoms with Crippen LogP contribution in [-0.2, 0) is 0 Å². The normalized spacial score (nSPS) is 13.9. The summed E-state index contributed by atoms with van der Waals surface area (Å²) in [5.74, 6) is 0. The van der Waals surface area contributed by atoms with E-state index in [-0.39, 0.29) is 12.3 Å². The summed E-state index contributed by atoms with van der Waals surface area (Å²) in [5.41, 5.74) is 1.27. The average Bonchev–Trinajstić information content (AvgIpc) is 2.56. The Hall–Kier alpha value is -2.57. The molecule has 114 valence electrons. The molecule has 0 aliphatic carbocycles. The fourth-order valence-electron chi connectivity index (χ4n) is 1.96. The molecule has 22 heavy (non-hydrogen) atoms. The van der Waals surface area contributed by atoms with Gasteiger partial charge in [0.05, 0.1) is 11.5 Å². The van der Waals surface area contributed by atoms with Crippen LogP contribution in [0.4, 0.5) is 5.69 Å². The quantitative estimate of drug-likeness (QED) is 0.485. The third-order valence-electron chi connectivity index (χ3n) is 3.21. The first kappa shape index (κ1) is 15.8. The lowest BCUT2D eigenvalue weighted by Crippen LogP contribution is -2.21. The summed E-state index contributed by atoms with van der Waals surface area (Å²) in [6, 6.07) is 14.1. The molecule has 0 amide bonds. The van der Waals surface area contributed by atoms with Crippen LogP contribution in [0.15, 0.2) is 59.6 Å². The van der Waals surface area contributed by atoms with Gasteiger partial charge in [-0.15, -0.1) is 0 Å². The second-order valence-corrected chi connectivity index (χ2v) is 4.73. The first-order valence-electron chi connectivity index (χ1n) is 6.73. The number of nitrogens with zero attached hydrogens (tertiary/aromatic N) is 2. The van der Waals surface area contributed by atoms with Gasteiger partial charge in [-0.05, 0) is 23.3 Å². The van der Waals surface area contributed by atoms with Gasteiger partial charge in [-0.2, -0.15) is 0 Å². The molecule has 0 aliphatic heterocycles. The standard InChI is InChI=1S/C16H16N2O4/c19-11-15(17-10-12-4-2-1-3-5-12)16(20)13-6-8-14(9-7-13)18(21)22/h1-10,15-16,19-20H,11H2/t15-,16-/m0/s1. The van der Waals surface area contributed by atoms with E-state index < -0.39 is 17.1 Å². The Morgan fingerprint density at radius 3 is 2.32 bits per heavy atom. The zero-order chi connectivity index (χ0) is 15.9. The molecular weight excluding hydrogens is 284 g/mol. The predicted octanol–water partition coefficient (Wildman–Crippen LogP) is 2.11. The minimum absolute atomic E-state index is 0.0516. The monoisotopic (exact) mass is 300 g/mol. The Morgan fingerprint density at radius 1 is 1.14 bits per heavy atom. The summed E-state index contributed by atoms with van der Waals surface area (Å²) in [4.78, 5) is 14.3. The molecule has 0 heterocycles. The van der Waals surface area contributed by atoms with Crippen LogP contribution < -0.4 is 0 Å². The van der Waals surface area contributed by atoms with E-state index in [0.717, 1.165) is 5.56 Å².